The lowest BCUT2D eigenvalue weighted by Gasteiger charge is -2.28. The van der Waals surface area contributed by atoms with Crippen molar-refractivity contribution in [1.29, 1.82) is 0 Å². The molecule has 2 aliphatic heterocycles. The van der Waals surface area contributed by atoms with Crippen LogP contribution in [0.3, 0.4) is 0 Å². The molecule has 8 heteroatoms. The fraction of sp³-hybridized carbons (Fsp3) is 0.355. The smallest absolute Gasteiger partial charge is 0.295 e. The highest BCUT2D eigenvalue weighted by Gasteiger charge is 2.47. The van der Waals surface area contributed by atoms with E-state index in [1.54, 1.807) is 36.4 Å². The molecule has 2 saturated heterocycles. The summed E-state index contributed by atoms with van der Waals surface area (Å²) < 4.78 is 17.2. The first-order valence-electron chi connectivity index (χ1n) is 13.3. The van der Waals surface area contributed by atoms with Crippen LogP contribution in [-0.4, -0.2) is 66.0 Å². The van der Waals surface area contributed by atoms with Crippen LogP contribution in [0.5, 0.6) is 5.75 Å². The molecule has 0 bridgehead atoms. The summed E-state index contributed by atoms with van der Waals surface area (Å²) >= 11 is 0. The molecule has 0 spiro atoms. The van der Waals surface area contributed by atoms with Crippen LogP contribution < -0.4 is 4.74 Å². The van der Waals surface area contributed by atoms with Crippen molar-refractivity contribution in [3.05, 3.63) is 94.4 Å². The Morgan fingerprint density at radius 1 is 1.00 bits per heavy atom. The van der Waals surface area contributed by atoms with Crippen molar-refractivity contribution in [2.75, 3.05) is 39.4 Å². The molecule has 0 unspecified atom stereocenters. The number of ether oxygens (including phenoxy) is 2. The molecule has 3 heterocycles. The van der Waals surface area contributed by atoms with Gasteiger partial charge in [0.05, 0.1) is 18.8 Å². The van der Waals surface area contributed by atoms with Gasteiger partial charge in [-0.1, -0.05) is 29.8 Å². The summed E-state index contributed by atoms with van der Waals surface area (Å²) in [5, 5.41) is 11.3. The molecule has 0 saturated carbocycles. The number of ketones is 1. The molecular formula is C31H34N2O6. The van der Waals surface area contributed by atoms with E-state index in [1.165, 1.54) is 4.90 Å². The van der Waals surface area contributed by atoms with Crippen LogP contribution in [0.15, 0.2) is 70.7 Å². The monoisotopic (exact) mass is 530 g/mol. The Labute approximate surface area is 228 Å². The molecule has 0 radical (unpaired) electrons. The first kappa shape index (κ1) is 26.7. The number of rotatable bonds is 9. The Bertz CT molecular complexity index is 1350. The molecule has 2 aromatic carbocycles. The molecule has 1 amide bonds. The molecule has 5 rings (SSSR count). The maximum atomic E-state index is 13.2. The van der Waals surface area contributed by atoms with E-state index in [-0.39, 0.29) is 11.3 Å². The number of Topliss-reactive ketones (excluding diaryl/α,β-unsaturated/α-hetero) is 1. The number of likely N-dealkylation sites (tertiary alicyclic amines) is 1. The van der Waals surface area contributed by atoms with E-state index in [2.05, 4.69) is 11.0 Å². The lowest BCUT2D eigenvalue weighted by Crippen LogP contribution is -2.38. The summed E-state index contributed by atoms with van der Waals surface area (Å²) in [5.74, 6) is 0.188. The lowest BCUT2D eigenvalue weighted by atomic mass is 9.99. The summed E-state index contributed by atoms with van der Waals surface area (Å²) in [5.41, 5.74) is 2.69. The number of aliphatic hydroxyl groups is 1. The molecule has 39 heavy (non-hydrogen) atoms. The maximum Gasteiger partial charge on any atom is 0.295 e. The summed E-state index contributed by atoms with van der Waals surface area (Å²) in [4.78, 5) is 30.2. The summed E-state index contributed by atoms with van der Waals surface area (Å²) in [6, 6.07) is 17.7. The fourth-order valence-corrected chi connectivity index (χ4v) is 5.13. The van der Waals surface area contributed by atoms with E-state index in [9.17, 15) is 14.7 Å². The third kappa shape index (κ3) is 6.08. The van der Waals surface area contributed by atoms with Crippen molar-refractivity contribution in [1.82, 2.24) is 9.80 Å². The number of furan rings is 1. The second-order valence-corrected chi connectivity index (χ2v) is 10.1. The van der Waals surface area contributed by atoms with Crippen LogP contribution in [0.25, 0.3) is 5.76 Å². The van der Waals surface area contributed by atoms with Crippen LogP contribution >= 0.6 is 0 Å². The zero-order valence-corrected chi connectivity index (χ0v) is 22.4. The SMILES string of the molecule is Cc1cccc(COc2ccc(C(O)=C3C(=O)C(=O)N(CCCN4CCOCC4)[C@@H]3c3ccc(C)o3)cc2)c1. The summed E-state index contributed by atoms with van der Waals surface area (Å²) in [6.07, 6.45) is 0.691. The van der Waals surface area contributed by atoms with Gasteiger partial charge in [-0.15, -0.1) is 0 Å². The van der Waals surface area contributed by atoms with Gasteiger partial charge in [-0.25, -0.2) is 0 Å². The average molecular weight is 531 g/mol. The Hall–Kier alpha value is -3.88. The van der Waals surface area contributed by atoms with E-state index in [4.69, 9.17) is 13.9 Å². The van der Waals surface area contributed by atoms with Crippen LogP contribution in [0.2, 0.25) is 0 Å². The van der Waals surface area contributed by atoms with Crippen LogP contribution in [-0.2, 0) is 20.9 Å². The molecular weight excluding hydrogens is 496 g/mol. The predicted molar refractivity (Wildman–Crippen MR) is 146 cm³/mol. The number of hydrogen-bond acceptors (Lipinski definition) is 7. The predicted octanol–water partition coefficient (Wildman–Crippen LogP) is 4.62. The van der Waals surface area contributed by atoms with Gasteiger partial charge in [-0.2, -0.15) is 0 Å². The normalized spacial score (nSPS) is 19.5. The van der Waals surface area contributed by atoms with Gasteiger partial charge in [0.1, 0.15) is 35.7 Å². The van der Waals surface area contributed by atoms with Crippen LogP contribution in [0.1, 0.15) is 40.7 Å². The Kier molecular flexibility index (Phi) is 8.14. The highest BCUT2D eigenvalue weighted by Crippen LogP contribution is 2.40. The van der Waals surface area contributed by atoms with Gasteiger partial charge < -0.3 is 23.9 Å². The lowest BCUT2D eigenvalue weighted by molar-refractivity contribution is -0.140. The average Bonchev–Trinajstić information content (AvgIpc) is 3.48. The Morgan fingerprint density at radius 3 is 2.46 bits per heavy atom. The van der Waals surface area contributed by atoms with Gasteiger partial charge in [0, 0.05) is 31.7 Å². The van der Waals surface area contributed by atoms with E-state index in [0.29, 0.717) is 55.6 Å². The molecule has 0 aliphatic carbocycles. The van der Waals surface area contributed by atoms with Crippen molar-refractivity contribution in [2.24, 2.45) is 0 Å². The molecule has 2 fully saturated rings. The van der Waals surface area contributed by atoms with E-state index < -0.39 is 17.7 Å². The quantitative estimate of drug-likeness (QED) is 0.245. The Balaban J connectivity index is 1.36. The van der Waals surface area contributed by atoms with Crippen LogP contribution in [0, 0.1) is 13.8 Å². The second kappa shape index (κ2) is 11.9. The highest BCUT2D eigenvalue weighted by molar-refractivity contribution is 6.46. The van der Waals surface area contributed by atoms with Gasteiger partial charge in [-0.05, 0) is 62.2 Å². The van der Waals surface area contributed by atoms with Gasteiger partial charge >= 0.3 is 0 Å². The Morgan fingerprint density at radius 2 is 1.77 bits per heavy atom. The van der Waals surface area contributed by atoms with Crippen molar-refractivity contribution in [3.8, 4) is 5.75 Å². The largest absolute Gasteiger partial charge is 0.507 e. The number of aryl methyl sites for hydroxylation is 2. The number of morpholine rings is 1. The molecule has 2 aliphatic rings. The van der Waals surface area contributed by atoms with Crippen LogP contribution in [0.4, 0.5) is 0 Å². The van der Waals surface area contributed by atoms with E-state index in [0.717, 1.165) is 30.8 Å². The fourth-order valence-electron chi connectivity index (χ4n) is 5.13. The third-order valence-electron chi connectivity index (χ3n) is 7.16. The highest BCUT2D eigenvalue weighted by atomic mass is 16.5. The molecule has 1 N–H and O–H groups in total. The minimum absolute atomic E-state index is 0.0363. The topological polar surface area (TPSA) is 92.5 Å². The van der Waals surface area contributed by atoms with Crippen molar-refractivity contribution < 1.29 is 28.6 Å². The number of benzene rings is 2. The minimum atomic E-state index is -0.791. The summed E-state index contributed by atoms with van der Waals surface area (Å²) in [6.45, 7) is 8.53. The number of amides is 1. The van der Waals surface area contributed by atoms with Gasteiger partial charge in [0.2, 0.25) is 0 Å². The van der Waals surface area contributed by atoms with E-state index >= 15 is 0 Å². The molecule has 1 atom stereocenters. The maximum absolute atomic E-state index is 13.2. The minimum Gasteiger partial charge on any atom is -0.507 e. The number of carbonyl (C=O) groups excluding carboxylic acids is 2. The second-order valence-electron chi connectivity index (χ2n) is 10.1. The zero-order chi connectivity index (χ0) is 27.4. The zero-order valence-electron chi connectivity index (χ0n) is 22.4. The van der Waals surface area contributed by atoms with Gasteiger partial charge in [0.15, 0.2) is 0 Å². The molecule has 3 aromatic rings. The molecule has 8 nitrogen and oxygen atoms in total. The van der Waals surface area contributed by atoms with Gasteiger partial charge in [-0.3, -0.25) is 14.5 Å². The number of aliphatic hydroxyl groups excluding tert-OH is 1. The number of nitrogens with zero attached hydrogens (tertiary/aromatic N) is 2. The number of carbonyl (C=O) groups is 2. The van der Waals surface area contributed by atoms with Crippen molar-refractivity contribution in [3.63, 3.8) is 0 Å². The standard InChI is InChI=1S/C31H34N2O6/c1-21-5-3-6-23(19-21)20-38-25-10-8-24(9-11-25)29(34)27-28(26-12-7-22(2)39-26)33(31(36)30(27)35)14-4-13-32-15-17-37-18-16-32/h3,5-12,19,28,34H,4,13-18,20H2,1-2H3/t28-/m1/s1. The first-order valence-corrected chi connectivity index (χ1v) is 13.3. The van der Waals surface area contributed by atoms with Gasteiger partial charge in [0.25, 0.3) is 11.7 Å². The number of hydrogen-bond donors (Lipinski definition) is 1. The summed E-state index contributed by atoms with van der Waals surface area (Å²) in [7, 11) is 0. The van der Waals surface area contributed by atoms with E-state index in [1.807, 2.05) is 32.0 Å². The molecule has 1 aromatic heterocycles. The molecule has 204 valence electrons. The first-order chi connectivity index (χ1) is 18.9. The van der Waals surface area contributed by atoms with Crippen molar-refractivity contribution in [2.45, 2.75) is 32.9 Å². The third-order valence-corrected chi connectivity index (χ3v) is 7.16. The van der Waals surface area contributed by atoms with Crippen molar-refractivity contribution >= 4 is 17.4 Å².